The lowest BCUT2D eigenvalue weighted by Gasteiger charge is -2.13. The topological polar surface area (TPSA) is 67.6 Å². The number of halogens is 1. The molecule has 0 amide bonds. The highest BCUT2D eigenvalue weighted by Gasteiger charge is 2.20. The molecule has 0 fully saturated rings. The Labute approximate surface area is 126 Å². The van der Waals surface area contributed by atoms with E-state index >= 15 is 0 Å². The Morgan fingerprint density at radius 1 is 1.48 bits per heavy atom. The second-order valence-electron chi connectivity index (χ2n) is 4.83. The highest BCUT2D eigenvalue weighted by atomic mass is 35.5. The molecular weight excluding hydrogens is 288 g/mol. The number of hydrogen-bond donors (Lipinski definition) is 0. The quantitative estimate of drug-likeness (QED) is 0.694. The summed E-state index contributed by atoms with van der Waals surface area (Å²) in [6, 6.07) is 7.38. The van der Waals surface area contributed by atoms with Gasteiger partial charge in [0.2, 0.25) is 5.89 Å². The maximum atomic E-state index is 9.07. The normalized spacial score (nSPS) is 12.5. The third kappa shape index (κ3) is 2.28. The Morgan fingerprint density at radius 2 is 2.29 bits per heavy atom. The van der Waals surface area contributed by atoms with Gasteiger partial charge in [-0.15, -0.1) is 11.6 Å². The van der Waals surface area contributed by atoms with E-state index in [0.29, 0.717) is 11.5 Å². The fourth-order valence-corrected chi connectivity index (χ4v) is 2.60. The second kappa shape index (κ2) is 5.23. The molecule has 1 atom stereocenters. The molecular formula is C15H13ClN4O. The SMILES string of the molecule is Cc1cnc(C(C)n2c(CCl)nc3ccc(C#N)cc32)o1. The van der Waals surface area contributed by atoms with Gasteiger partial charge in [-0.1, -0.05) is 0 Å². The van der Waals surface area contributed by atoms with Gasteiger partial charge in [-0.2, -0.15) is 5.26 Å². The number of aromatic nitrogens is 3. The third-order valence-electron chi connectivity index (χ3n) is 3.39. The Morgan fingerprint density at radius 3 is 2.90 bits per heavy atom. The van der Waals surface area contributed by atoms with Crippen LogP contribution in [0.3, 0.4) is 0 Å². The summed E-state index contributed by atoms with van der Waals surface area (Å²) in [5, 5.41) is 9.07. The van der Waals surface area contributed by atoms with Gasteiger partial charge in [0.25, 0.3) is 0 Å². The molecule has 2 aromatic heterocycles. The van der Waals surface area contributed by atoms with Gasteiger partial charge in [-0.25, -0.2) is 9.97 Å². The Bertz CT molecular complexity index is 843. The van der Waals surface area contributed by atoms with Gasteiger partial charge in [0.15, 0.2) is 0 Å². The van der Waals surface area contributed by atoms with Crippen molar-refractivity contribution < 1.29 is 4.42 Å². The van der Waals surface area contributed by atoms with Gasteiger partial charge in [-0.05, 0) is 32.0 Å². The van der Waals surface area contributed by atoms with Gasteiger partial charge in [0.1, 0.15) is 17.6 Å². The van der Waals surface area contributed by atoms with Crippen molar-refractivity contribution in [1.82, 2.24) is 14.5 Å². The van der Waals surface area contributed by atoms with Gasteiger partial charge in [0, 0.05) is 0 Å². The first kappa shape index (κ1) is 13.7. The van der Waals surface area contributed by atoms with Crippen LogP contribution in [0, 0.1) is 18.3 Å². The summed E-state index contributed by atoms with van der Waals surface area (Å²) in [4.78, 5) is 8.79. The van der Waals surface area contributed by atoms with Crippen molar-refractivity contribution in [3.63, 3.8) is 0 Å². The number of hydrogen-bond acceptors (Lipinski definition) is 4. The molecule has 106 valence electrons. The molecule has 0 bridgehead atoms. The number of aryl methyl sites for hydroxylation is 1. The number of nitrogens with zero attached hydrogens (tertiary/aromatic N) is 4. The molecule has 5 nitrogen and oxygen atoms in total. The largest absolute Gasteiger partial charge is 0.444 e. The smallest absolute Gasteiger partial charge is 0.217 e. The Balaban J connectivity index is 2.21. The molecule has 1 unspecified atom stereocenters. The van der Waals surface area contributed by atoms with E-state index in [1.165, 1.54) is 0 Å². The molecule has 0 aliphatic rings. The molecule has 6 heteroatoms. The van der Waals surface area contributed by atoms with Crippen LogP contribution in [0.4, 0.5) is 0 Å². The van der Waals surface area contributed by atoms with Crippen molar-refractivity contribution in [3.05, 3.63) is 47.4 Å². The Kier molecular flexibility index (Phi) is 3.40. The lowest BCUT2D eigenvalue weighted by atomic mass is 10.2. The zero-order valence-corrected chi connectivity index (χ0v) is 12.4. The molecule has 0 saturated carbocycles. The van der Waals surface area contributed by atoms with Crippen molar-refractivity contribution >= 4 is 22.6 Å². The molecule has 2 heterocycles. The minimum absolute atomic E-state index is 0.147. The van der Waals surface area contributed by atoms with Crippen LogP contribution >= 0.6 is 11.6 Å². The van der Waals surface area contributed by atoms with Crippen LogP contribution in [0.15, 0.2) is 28.8 Å². The van der Waals surface area contributed by atoms with Gasteiger partial charge in [0.05, 0.1) is 34.7 Å². The van der Waals surface area contributed by atoms with Gasteiger partial charge in [-0.3, -0.25) is 0 Å². The number of oxazole rings is 1. The number of benzene rings is 1. The molecule has 1 aromatic carbocycles. The van der Waals surface area contributed by atoms with E-state index in [0.717, 1.165) is 22.6 Å². The van der Waals surface area contributed by atoms with Crippen LogP contribution in [0.2, 0.25) is 0 Å². The van der Waals surface area contributed by atoms with Crippen molar-refractivity contribution in [2.45, 2.75) is 25.8 Å². The van der Waals surface area contributed by atoms with E-state index < -0.39 is 0 Å². The fourth-order valence-electron chi connectivity index (χ4n) is 2.41. The summed E-state index contributed by atoms with van der Waals surface area (Å²) < 4.78 is 7.57. The van der Waals surface area contributed by atoms with E-state index in [4.69, 9.17) is 21.3 Å². The summed E-state index contributed by atoms with van der Waals surface area (Å²) >= 11 is 6.01. The zero-order valence-electron chi connectivity index (χ0n) is 11.7. The summed E-state index contributed by atoms with van der Waals surface area (Å²) in [5.41, 5.74) is 2.24. The maximum absolute atomic E-state index is 9.07. The number of rotatable bonds is 3. The number of nitriles is 1. The van der Waals surface area contributed by atoms with E-state index in [-0.39, 0.29) is 11.9 Å². The number of imidazole rings is 1. The number of fused-ring (bicyclic) bond motifs is 1. The van der Waals surface area contributed by atoms with Crippen molar-refractivity contribution in [3.8, 4) is 6.07 Å². The molecule has 0 saturated heterocycles. The summed E-state index contributed by atoms with van der Waals surface area (Å²) in [5.74, 6) is 2.36. The van der Waals surface area contributed by atoms with Crippen LogP contribution in [-0.2, 0) is 5.88 Å². The van der Waals surface area contributed by atoms with Crippen LogP contribution < -0.4 is 0 Å². The van der Waals surface area contributed by atoms with E-state index in [9.17, 15) is 0 Å². The molecule has 3 aromatic rings. The lowest BCUT2D eigenvalue weighted by molar-refractivity contribution is 0.415. The lowest BCUT2D eigenvalue weighted by Crippen LogP contribution is -2.10. The van der Waals surface area contributed by atoms with Crippen LogP contribution in [-0.4, -0.2) is 14.5 Å². The second-order valence-corrected chi connectivity index (χ2v) is 5.10. The first-order valence-electron chi connectivity index (χ1n) is 6.53. The van der Waals surface area contributed by atoms with E-state index in [2.05, 4.69) is 16.0 Å². The highest BCUT2D eigenvalue weighted by molar-refractivity contribution is 6.16. The van der Waals surface area contributed by atoms with Crippen LogP contribution in [0.5, 0.6) is 0 Å². The fraction of sp³-hybridized carbons (Fsp3) is 0.267. The molecule has 0 spiro atoms. The first-order valence-corrected chi connectivity index (χ1v) is 7.06. The molecule has 21 heavy (non-hydrogen) atoms. The predicted octanol–water partition coefficient (Wildman–Crippen LogP) is 3.55. The first-order chi connectivity index (χ1) is 10.1. The molecule has 0 radical (unpaired) electrons. The van der Waals surface area contributed by atoms with Crippen LogP contribution in [0.25, 0.3) is 11.0 Å². The van der Waals surface area contributed by atoms with E-state index in [1.807, 2.05) is 30.5 Å². The van der Waals surface area contributed by atoms with E-state index in [1.54, 1.807) is 12.3 Å². The zero-order chi connectivity index (χ0) is 15.0. The van der Waals surface area contributed by atoms with Gasteiger partial charge >= 0.3 is 0 Å². The van der Waals surface area contributed by atoms with Crippen molar-refractivity contribution in [1.29, 1.82) is 5.26 Å². The van der Waals surface area contributed by atoms with Gasteiger partial charge < -0.3 is 8.98 Å². The molecule has 0 N–H and O–H groups in total. The summed E-state index contributed by atoms with van der Waals surface area (Å²) in [6.45, 7) is 3.83. The molecule has 0 aliphatic carbocycles. The molecule has 3 rings (SSSR count). The third-order valence-corrected chi connectivity index (χ3v) is 3.63. The Hall–Kier alpha value is -2.32. The molecule has 0 aliphatic heterocycles. The average molecular weight is 301 g/mol. The monoisotopic (exact) mass is 300 g/mol. The standard InChI is InChI=1S/C15H13ClN4O/c1-9-8-18-15(21-9)10(2)20-13-5-11(7-17)3-4-12(13)19-14(20)6-16/h3-5,8,10H,6H2,1-2H3. The minimum atomic E-state index is -0.147. The predicted molar refractivity (Wildman–Crippen MR) is 79.1 cm³/mol. The minimum Gasteiger partial charge on any atom is -0.444 e. The van der Waals surface area contributed by atoms with Crippen LogP contribution in [0.1, 0.15) is 36.0 Å². The summed E-state index contributed by atoms with van der Waals surface area (Å²) in [6.07, 6.45) is 1.69. The summed E-state index contributed by atoms with van der Waals surface area (Å²) in [7, 11) is 0. The van der Waals surface area contributed by atoms with Crippen molar-refractivity contribution in [2.24, 2.45) is 0 Å². The number of alkyl halides is 1. The maximum Gasteiger partial charge on any atom is 0.217 e. The highest BCUT2D eigenvalue weighted by Crippen LogP contribution is 2.27. The average Bonchev–Trinajstić information content (AvgIpc) is 3.08. The van der Waals surface area contributed by atoms with Crippen molar-refractivity contribution in [2.75, 3.05) is 0 Å².